The van der Waals surface area contributed by atoms with E-state index in [1.54, 1.807) is 0 Å². The van der Waals surface area contributed by atoms with Crippen molar-refractivity contribution in [3.8, 4) is 0 Å². The molecule has 2 rings (SSSR count). The normalized spacial score (nSPS) is 11.5. The third-order valence-corrected chi connectivity index (χ3v) is 3.53. The van der Waals surface area contributed by atoms with Crippen LogP contribution in [0.5, 0.6) is 0 Å². The molecule has 0 saturated carbocycles. The lowest BCUT2D eigenvalue weighted by molar-refractivity contribution is -0.137. The van der Waals surface area contributed by atoms with Gasteiger partial charge in [0.05, 0.1) is 10.0 Å². The predicted molar refractivity (Wildman–Crippen MR) is 68.9 cm³/mol. The number of ketones is 1. The van der Waals surface area contributed by atoms with Gasteiger partial charge in [0, 0.05) is 11.1 Å². The summed E-state index contributed by atoms with van der Waals surface area (Å²) in [5, 5.41) is 0. The van der Waals surface area contributed by atoms with E-state index in [0.29, 0.717) is 0 Å². The van der Waals surface area contributed by atoms with Crippen LogP contribution in [0.4, 0.5) is 22.0 Å². The Balaban J connectivity index is 2.39. The Bertz CT molecular complexity index is 692. The van der Waals surface area contributed by atoms with Gasteiger partial charge in [0.25, 0.3) is 0 Å². The average molecular weight is 365 g/mol. The standard InChI is InChI=1S/C14H6BrF5O/c15-11-9(5-6-10(16)12(11)17)13(21)7-1-3-8(4-2-7)14(18,19)20/h1-6H. The lowest BCUT2D eigenvalue weighted by atomic mass is 10.0. The van der Waals surface area contributed by atoms with E-state index in [4.69, 9.17) is 0 Å². The predicted octanol–water partition coefficient (Wildman–Crippen LogP) is 4.98. The van der Waals surface area contributed by atoms with Crippen molar-refractivity contribution in [1.29, 1.82) is 0 Å². The van der Waals surface area contributed by atoms with Crippen molar-refractivity contribution < 1.29 is 26.7 Å². The van der Waals surface area contributed by atoms with E-state index < -0.39 is 29.2 Å². The molecule has 0 unspecified atom stereocenters. The fourth-order valence-corrected chi connectivity index (χ4v) is 2.17. The number of carbonyl (C=O) groups is 1. The van der Waals surface area contributed by atoms with Crippen LogP contribution in [-0.4, -0.2) is 5.78 Å². The highest BCUT2D eigenvalue weighted by molar-refractivity contribution is 9.10. The Labute approximate surface area is 124 Å². The monoisotopic (exact) mass is 364 g/mol. The van der Waals surface area contributed by atoms with E-state index in [1.807, 2.05) is 0 Å². The fourth-order valence-electron chi connectivity index (χ4n) is 1.67. The zero-order chi connectivity index (χ0) is 15.8. The topological polar surface area (TPSA) is 17.1 Å². The number of hydrogen-bond acceptors (Lipinski definition) is 1. The van der Waals surface area contributed by atoms with E-state index >= 15 is 0 Å². The highest BCUT2D eigenvalue weighted by Gasteiger charge is 2.30. The summed E-state index contributed by atoms with van der Waals surface area (Å²) in [5.74, 6) is -3.08. The molecule has 0 atom stereocenters. The molecule has 7 heteroatoms. The molecule has 0 bridgehead atoms. The molecule has 0 aromatic heterocycles. The number of benzene rings is 2. The molecule has 21 heavy (non-hydrogen) atoms. The Morgan fingerprint density at radius 3 is 2.05 bits per heavy atom. The Morgan fingerprint density at radius 2 is 1.52 bits per heavy atom. The molecule has 0 fully saturated rings. The summed E-state index contributed by atoms with van der Waals surface area (Å²) in [5.41, 5.74) is -1.13. The van der Waals surface area contributed by atoms with Crippen molar-refractivity contribution in [2.75, 3.05) is 0 Å². The van der Waals surface area contributed by atoms with Gasteiger partial charge in [-0.1, -0.05) is 12.1 Å². The van der Waals surface area contributed by atoms with Crippen LogP contribution in [0, 0.1) is 11.6 Å². The van der Waals surface area contributed by atoms with Crippen LogP contribution in [-0.2, 0) is 6.18 Å². The number of alkyl halides is 3. The Kier molecular flexibility index (Phi) is 4.13. The van der Waals surface area contributed by atoms with Gasteiger partial charge < -0.3 is 0 Å². The Morgan fingerprint density at radius 1 is 0.952 bits per heavy atom. The van der Waals surface area contributed by atoms with Crippen LogP contribution in [0.15, 0.2) is 40.9 Å². The second kappa shape index (κ2) is 5.55. The van der Waals surface area contributed by atoms with Gasteiger partial charge in [0.1, 0.15) is 0 Å². The van der Waals surface area contributed by atoms with Crippen molar-refractivity contribution in [1.82, 2.24) is 0 Å². The highest BCUT2D eigenvalue weighted by atomic mass is 79.9. The molecule has 0 aliphatic carbocycles. The number of carbonyl (C=O) groups excluding carboxylic acids is 1. The molecule has 2 aromatic carbocycles. The summed E-state index contributed by atoms with van der Waals surface area (Å²) in [6.45, 7) is 0. The summed E-state index contributed by atoms with van der Waals surface area (Å²) < 4.78 is 63.2. The van der Waals surface area contributed by atoms with Crippen molar-refractivity contribution in [2.45, 2.75) is 6.18 Å². The molecule has 0 saturated heterocycles. The average Bonchev–Trinajstić information content (AvgIpc) is 2.43. The van der Waals surface area contributed by atoms with Crippen LogP contribution >= 0.6 is 15.9 Å². The van der Waals surface area contributed by atoms with E-state index in [1.165, 1.54) is 0 Å². The highest BCUT2D eigenvalue weighted by Crippen LogP contribution is 2.30. The van der Waals surface area contributed by atoms with Gasteiger partial charge in [-0.25, -0.2) is 8.78 Å². The molecule has 2 aromatic rings. The van der Waals surface area contributed by atoms with Crippen LogP contribution in [0.3, 0.4) is 0 Å². The summed E-state index contributed by atoms with van der Waals surface area (Å²) in [4.78, 5) is 12.1. The molecule has 0 aliphatic heterocycles. The molecular formula is C14H6BrF5O. The maximum atomic E-state index is 13.4. The molecule has 0 heterocycles. The third kappa shape index (κ3) is 3.12. The zero-order valence-corrected chi connectivity index (χ0v) is 11.7. The van der Waals surface area contributed by atoms with E-state index in [0.717, 1.165) is 36.4 Å². The second-order valence-electron chi connectivity index (χ2n) is 4.13. The molecule has 0 aliphatic rings. The number of rotatable bonds is 2. The first-order chi connectivity index (χ1) is 9.71. The van der Waals surface area contributed by atoms with Gasteiger partial charge in [0.2, 0.25) is 0 Å². The smallest absolute Gasteiger partial charge is 0.289 e. The molecular weight excluding hydrogens is 359 g/mol. The summed E-state index contributed by atoms with van der Waals surface area (Å²) in [6, 6.07) is 5.31. The third-order valence-electron chi connectivity index (χ3n) is 2.75. The van der Waals surface area contributed by atoms with Crippen LogP contribution in [0.1, 0.15) is 21.5 Å². The number of hydrogen-bond donors (Lipinski definition) is 0. The van der Waals surface area contributed by atoms with Gasteiger partial charge in [0.15, 0.2) is 17.4 Å². The van der Waals surface area contributed by atoms with Gasteiger partial charge >= 0.3 is 6.18 Å². The first-order valence-electron chi connectivity index (χ1n) is 5.57. The van der Waals surface area contributed by atoms with Crippen molar-refractivity contribution in [3.63, 3.8) is 0 Å². The minimum absolute atomic E-state index is 0.0605. The quantitative estimate of drug-likeness (QED) is 0.417. The van der Waals surface area contributed by atoms with Gasteiger partial charge in [-0.3, -0.25) is 4.79 Å². The number of halogens is 6. The minimum Gasteiger partial charge on any atom is -0.289 e. The summed E-state index contributed by atoms with van der Waals surface area (Å²) >= 11 is 2.76. The molecule has 0 amide bonds. The van der Waals surface area contributed by atoms with Crippen LogP contribution in [0.25, 0.3) is 0 Å². The van der Waals surface area contributed by atoms with Crippen molar-refractivity contribution in [2.24, 2.45) is 0 Å². The fraction of sp³-hybridized carbons (Fsp3) is 0.0714. The summed E-state index contributed by atoms with van der Waals surface area (Å²) in [7, 11) is 0. The lowest BCUT2D eigenvalue weighted by Gasteiger charge is -2.08. The summed E-state index contributed by atoms with van der Waals surface area (Å²) in [6.07, 6.45) is -4.51. The maximum Gasteiger partial charge on any atom is 0.416 e. The minimum atomic E-state index is -4.51. The maximum absolute atomic E-state index is 13.4. The molecule has 0 N–H and O–H groups in total. The molecule has 110 valence electrons. The van der Waals surface area contributed by atoms with E-state index in [-0.39, 0.29) is 15.6 Å². The second-order valence-corrected chi connectivity index (χ2v) is 4.92. The molecule has 0 radical (unpaired) electrons. The zero-order valence-electron chi connectivity index (χ0n) is 10.1. The first kappa shape index (κ1) is 15.6. The van der Waals surface area contributed by atoms with Crippen LogP contribution in [0.2, 0.25) is 0 Å². The van der Waals surface area contributed by atoms with Crippen molar-refractivity contribution in [3.05, 3.63) is 69.2 Å². The van der Waals surface area contributed by atoms with E-state index in [2.05, 4.69) is 15.9 Å². The van der Waals surface area contributed by atoms with Gasteiger partial charge in [-0.05, 0) is 40.2 Å². The van der Waals surface area contributed by atoms with Gasteiger partial charge in [-0.15, -0.1) is 0 Å². The van der Waals surface area contributed by atoms with Gasteiger partial charge in [-0.2, -0.15) is 13.2 Å². The largest absolute Gasteiger partial charge is 0.416 e. The van der Waals surface area contributed by atoms with E-state index in [9.17, 15) is 26.7 Å². The Hall–Kier alpha value is -1.76. The first-order valence-corrected chi connectivity index (χ1v) is 6.36. The molecule has 0 spiro atoms. The van der Waals surface area contributed by atoms with Crippen molar-refractivity contribution >= 4 is 21.7 Å². The molecule has 1 nitrogen and oxygen atoms in total. The lowest BCUT2D eigenvalue weighted by Crippen LogP contribution is -2.07. The SMILES string of the molecule is O=C(c1ccc(C(F)(F)F)cc1)c1ccc(F)c(F)c1Br. The van der Waals surface area contributed by atoms with Crippen LogP contribution < -0.4 is 0 Å².